The van der Waals surface area contributed by atoms with Gasteiger partial charge in [0, 0.05) is 19.1 Å². The zero-order valence-electron chi connectivity index (χ0n) is 17.4. The average Bonchev–Trinajstić information content (AvgIpc) is 3.24. The van der Waals surface area contributed by atoms with E-state index in [4.69, 9.17) is 4.99 Å². The molecule has 154 valence electrons. The van der Waals surface area contributed by atoms with E-state index in [1.54, 1.807) is 0 Å². The van der Waals surface area contributed by atoms with E-state index in [-0.39, 0.29) is 24.0 Å². The number of aliphatic imine (C=N–C) groups is 1. The van der Waals surface area contributed by atoms with Crippen LogP contribution in [0.25, 0.3) is 0 Å². The Kier molecular flexibility index (Phi) is 8.82. The molecule has 0 bridgehead atoms. The van der Waals surface area contributed by atoms with E-state index < -0.39 is 0 Å². The van der Waals surface area contributed by atoms with Crippen LogP contribution in [0, 0.1) is 18.8 Å². The first-order valence-corrected chi connectivity index (χ1v) is 10.4. The molecule has 7 heteroatoms. The predicted molar refractivity (Wildman–Crippen MR) is 121 cm³/mol. The van der Waals surface area contributed by atoms with Gasteiger partial charge in [-0.3, -0.25) is 0 Å². The fourth-order valence-corrected chi connectivity index (χ4v) is 4.29. The van der Waals surface area contributed by atoms with Gasteiger partial charge in [0.05, 0.1) is 0 Å². The Morgan fingerprint density at radius 2 is 1.74 bits per heavy atom. The molecular weight excluding hydrogens is 451 g/mol. The number of guanidine groups is 1. The first kappa shape index (κ1) is 22.4. The van der Waals surface area contributed by atoms with Crippen molar-refractivity contribution in [2.75, 3.05) is 0 Å². The van der Waals surface area contributed by atoms with Crippen molar-refractivity contribution in [3.8, 4) is 0 Å². The third-order valence-electron chi connectivity index (χ3n) is 6.26. The van der Waals surface area contributed by atoms with Gasteiger partial charge in [-0.25, -0.2) is 4.99 Å². The summed E-state index contributed by atoms with van der Waals surface area (Å²) in [5.74, 6) is 4.41. The van der Waals surface area contributed by atoms with Crippen molar-refractivity contribution < 1.29 is 0 Å². The standard InChI is InChI=1S/C20H36N6.HI/c1-14(2)16-8-7-11-18(12-16)23-20(22-17-9-5-6-10-17)21-13-19-25-24-15(3)26(19)4;/h14,16-18H,5-13H2,1-4H3,(H2,21,22,23);1H. The van der Waals surface area contributed by atoms with E-state index in [9.17, 15) is 0 Å². The number of halogens is 1. The molecule has 2 aliphatic rings. The normalized spacial score (nSPS) is 24.1. The molecule has 2 fully saturated rings. The highest BCUT2D eigenvalue weighted by atomic mass is 127. The highest BCUT2D eigenvalue weighted by molar-refractivity contribution is 14.0. The molecule has 2 N–H and O–H groups in total. The van der Waals surface area contributed by atoms with Crippen LogP contribution in [0.15, 0.2) is 4.99 Å². The van der Waals surface area contributed by atoms with Gasteiger partial charge in [-0.2, -0.15) is 0 Å². The fraction of sp³-hybridized carbons (Fsp3) is 0.850. The first-order chi connectivity index (χ1) is 12.5. The summed E-state index contributed by atoms with van der Waals surface area (Å²) >= 11 is 0. The van der Waals surface area contributed by atoms with E-state index in [0.717, 1.165) is 29.4 Å². The SMILES string of the molecule is Cc1nnc(CN=C(NC2CCCC2)NC2CCCC(C(C)C)C2)n1C.I. The molecule has 2 atom stereocenters. The largest absolute Gasteiger partial charge is 0.354 e. The first-order valence-electron chi connectivity index (χ1n) is 10.4. The van der Waals surface area contributed by atoms with Crippen molar-refractivity contribution in [3.05, 3.63) is 11.6 Å². The number of nitrogens with one attached hydrogen (secondary N) is 2. The van der Waals surface area contributed by atoms with Gasteiger partial charge < -0.3 is 15.2 Å². The van der Waals surface area contributed by atoms with Gasteiger partial charge >= 0.3 is 0 Å². The summed E-state index contributed by atoms with van der Waals surface area (Å²) in [5.41, 5.74) is 0. The Hall–Kier alpha value is -0.860. The van der Waals surface area contributed by atoms with E-state index in [1.807, 2.05) is 18.5 Å². The van der Waals surface area contributed by atoms with E-state index in [0.29, 0.717) is 18.6 Å². The van der Waals surface area contributed by atoms with Gasteiger partial charge in [0.25, 0.3) is 0 Å². The van der Waals surface area contributed by atoms with Gasteiger partial charge in [-0.15, -0.1) is 34.2 Å². The van der Waals surface area contributed by atoms with Crippen LogP contribution in [0.4, 0.5) is 0 Å². The molecule has 6 nitrogen and oxygen atoms in total. The zero-order chi connectivity index (χ0) is 18.5. The number of rotatable bonds is 5. The van der Waals surface area contributed by atoms with Crippen LogP contribution in [0.3, 0.4) is 0 Å². The summed E-state index contributed by atoms with van der Waals surface area (Å²) in [4.78, 5) is 4.87. The predicted octanol–water partition coefficient (Wildman–Crippen LogP) is 3.93. The van der Waals surface area contributed by atoms with Gasteiger partial charge in [0.2, 0.25) is 0 Å². The van der Waals surface area contributed by atoms with Gasteiger partial charge in [0.1, 0.15) is 12.4 Å². The monoisotopic (exact) mass is 488 g/mol. The number of hydrogen-bond acceptors (Lipinski definition) is 3. The lowest BCUT2D eigenvalue weighted by Crippen LogP contribution is -2.48. The average molecular weight is 488 g/mol. The number of hydrogen-bond donors (Lipinski definition) is 2. The van der Waals surface area contributed by atoms with Crippen LogP contribution in [-0.2, 0) is 13.6 Å². The van der Waals surface area contributed by atoms with E-state index in [1.165, 1.54) is 51.4 Å². The molecule has 0 spiro atoms. The molecular formula is C20H37IN6. The van der Waals surface area contributed by atoms with Crippen LogP contribution in [-0.4, -0.2) is 32.8 Å². The Morgan fingerprint density at radius 3 is 2.37 bits per heavy atom. The topological polar surface area (TPSA) is 67.1 Å². The molecule has 2 saturated carbocycles. The van der Waals surface area contributed by atoms with E-state index in [2.05, 4.69) is 34.7 Å². The molecule has 0 saturated heterocycles. The van der Waals surface area contributed by atoms with Crippen LogP contribution >= 0.6 is 24.0 Å². The Morgan fingerprint density at radius 1 is 1.07 bits per heavy atom. The van der Waals surface area contributed by atoms with Gasteiger partial charge in [-0.1, -0.05) is 39.5 Å². The van der Waals surface area contributed by atoms with Crippen LogP contribution in [0.2, 0.25) is 0 Å². The van der Waals surface area contributed by atoms with Crippen molar-refractivity contribution in [3.63, 3.8) is 0 Å². The minimum absolute atomic E-state index is 0. The van der Waals surface area contributed by atoms with Crippen molar-refractivity contribution in [2.24, 2.45) is 23.9 Å². The number of aryl methyl sites for hydroxylation is 1. The molecule has 0 aliphatic heterocycles. The highest BCUT2D eigenvalue weighted by Crippen LogP contribution is 2.30. The number of nitrogens with zero attached hydrogens (tertiary/aromatic N) is 4. The van der Waals surface area contributed by atoms with Crippen molar-refractivity contribution in [1.82, 2.24) is 25.4 Å². The quantitative estimate of drug-likeness (QED) is 0.375. The summed E-state index contributed by atoms with van der Waals surface area (Å²) in [6.07, 6.45) is 10.4. The Balaban J connectivity index is 0.00000261. The van der Waals surface area contributed by atoms with Crippen molar-refractivity contribution in [2.45, 2.75) is 90.8 Å². The molecule has 27 heavy (non-hydrogen) atoms. The lowest BCUT2D eigenvalue weighted by atomic mass is 9.79. The minimum atomic E-state index is 0. The summed E-state index contributed by atoms with van der Waals surface area (Å²) in [7, 11) is 2.01. The molecule has 0 amide bonds. The van der Waals surface area contributed by atoms with Gasteiger partial charge in [-0.05, 0) is 44.4 Å². The third-order valence-corrected chi connectivity index (χ3v) is 6.26. The third kappa shape index (κ3) is 6.32. The summed E-state index contributed by atoms with van der Waals surface area (Å²) in [6.45, 7) is 7.26. The Labute approximate surface area is 181 Å². The van der Waals surface area contributed by atoms with Crippen molar-refractivity contribution in [1.29, 1.82) is 0 Å². The van der Waals surface area contributed by atoms with Crippen molar-refractivity contribution >= 4 is 29.9 Å². The maximum atomic E-state index is 4.87. The van der Waals surface area contributed by atoms with Gasteiger partial charge in [0.15, 0.2) is 11.8 Å². The second-order valence-electron chi connectivity index (χ2n) is 8.52. The zero-order valence-corrected chi connectivity index (χ0v) is 19.7. The van der Waals surface area contributed by atoms with E-state index >= 15 is 0 Å². The summed E-state index contributed by atoms with van der Waals surface area (Å²) < 4.78 is 2.02. The maximum absolute atomic E-state index is 4.87. The summed E-state index contributed by atoms with van der Waals surface area (Å²) in [5, 5.41) is 15.8. The number of aromatic nitrogens is 3. The second-order valence-corrected chi connectivity index (χ2v) is 8.52. The van der Waals surface area contributed by atoms with Crippen LogP contribution < -0.4 is 10.6 Å². The molecule has 1 aromatic heterocycles. The second kappa shape index (κ2) is 10.6. The summed E-state index contributed by atoms with van der Waals surface area (Å²) in [6, 6.07) is 1.09. The highest BCUT2D eigenvalue weighted by Gasteiger charge is 2.25. The molecule has 2 aliphatic carbocycles. The minimum Gasteiger partial charge on any atom is -0.354 e. The lowest BCUT2D eigenvalue weighted by Gasteiger charge is -2.33. The molecule has 1 aromatic rings. The molecule has 0 aromatic carbocycles. The van der Waals surface area contributed by atoms with Crippen LogP contribution in [0.1, 0.15) is 76.9 Å². The van der Waals surface area contributed by atoms with Crippen LogP contribution in [0.5, 0.6) is 0 Å². The molecule has 3 rings (SSSR count). The fourth-order valence-electron chi connectivity index (χ4n) is 4.29. The molecule has 2 unspecified atom stereocenters. The lowest BCUT2D eigenvalue weighted by molar-refractivity contribution is 0.244. The molecule has 1 heterocycles. The smallest absolute Gasteiger partial charge is 0.192 e. The maximum Gasteiger partial charge on any atom is 0.192 e. The Bertz CT molecular complexity index is 606. The molecule has 0 radical (unpaired) electrons.